The Labute approximate surface area is 128 Å². The van der Waals surface area contributed by atoms with Gasteiger partial charge in [-0.15, -0.1) is 0 Å². The second kappa shape index (κ2) is 6.78. The van der Waals surface area contributed by atoms with Crippen LogP contribution < -0.4 is 10.2 Å². The van der Waals surface area contributed by atoms with E-state index in [1.165, 1.54) is 4.90 Å². The molecule has 114 valence electrons. The molecule has 2 rings (SSSR count). The van der Waals surface area contributed by atoms with Crippen LogP contribution in [-0.2, 0) is 4.79 Å². The van der Waals surface area contributed by atoms with E-state index in [9.17, 15) is 9.59 Å². The summed E-state index contributed by atoms with van der Waals surface area (Å²) in [5.41, 5.74) is 0.466. The smallest absolute Gasteiger partial charge is 0.323 e. The van der Waals surface area contributed by atoms with Crippen LogP contribution >= 0.6 is 11.6 Å². The standard InChI is InChI=1S/C14H18ClN3O3/c1-17-6-5-11(8-17)16-14(21)18(9-13(19)20)12-4-2-3-10(15)7-12/h2-4,7,11H,5-6,8-9H2,1H3,(H,16,21)(H,19,20). The number of carbonyl (C=O) groups is 2. The highest BCUT2D eigenvalue weighted by atomic mass is 35.5. The molecule has 0 bridgehead atoms. The number of hydrogen-bond donors (Lipinski definition) is 2. The fraction of sp³-hybridized carbons (Fsp3) is 0.429. The van der Waals surface area contributed by atoms with Crippen molar-refractivity contribution in [2.24, 2.45) is 0 Å². The molecule has 1 saturated heterocycles. The van der Waals surface area contributed by atoms with Gasteiger partial charge in [0.1, 0.15) is 6.54 Å². The van der Waals surface area contributed by atoms with Gasteiger partial charge < -0.3 is 15.3 Å². The number of aliphatic carboxylic acids is 1. The van der Waals surface area contributed by atoms with E-state index in [-0.39, 0.29) is 6.04 Å². The van der Waals surface area contributed by atoms with E-state index in [1.54, 1.807) is 24.3 Å². The summed E-state index contributed by atoms with van der Waals surface area (Å²) >= 11 is 5.91. The molecule has 1 heterocycles. The zero-order valence-electron chi connectivity index (χ0n) is 11.8. The number of carboxylic acid groups (broad SMARTS) is 1. The lowest BCUT2D eigenvalue weighted by molar-refractivity contribution is -0.135. The first-order chi connectivity index (χ1) is 9.95. The van der Waals surface area contributed by atoms with Crippen LogP contribution in [0.3, 0.4) is 0 Å². The molecule has 0 aromatic heterocycles. The molecule has 0 radical (unpaired) electrons. The van der Waals surface area contributed by atoms with E-state index in [4.69, 9.17) is 16.7 Å². The molecule has 2 amide bonds. The topological polar surface area (TPSA) is 72.9 Å². The molecule has 21 heavy (non-hydrogen) atoms. The number of anilines is 1. The molecular formula is C14H18ClN3O3. The summed E-state index contributed by atoms with van der Waals surface area (Å²) in [6.07, 6.45) is 0.860. The van der Waals surface area contributed by atoms with Crippen LogP contribution in [0.2, 0.25) is 5.02 Å². The molecular weight excluding hydrogens is 294 g/mol. The Hall–Kier alpha value is -1.79. The average Bonchev–Trinajstić information content (AvgIpc) is 2.81. The number of halogens is 1. The molecule has 6 nitrogen and oxygen atoms in total. The first-order valence-electron chi connectivity index (χ1n) is 6.69. The fourth-order valence-electron chi connectivity index (χ4n) is 2.36. The van der Waals surface area contributed by atoms with Crippen LogP contribution in [0.1, 0.15) is 6.42 Å². The number of nitrogens with one attached hydrogen (secondary N) is 1. The van der Waals surface area contributed by atoms with Crippen molar-refractivity contribution in [2.75, 3.05) is 31.6 Å². The van der Waals surface area contributed by atoms with Gasteiger partial charge in [-0.05, 0) is 38.2 Å². The van der Waals surface area contributed by atoms with E-state index < -0.39 is 18.5 Å². The first kappa shape index (κ1) is 15.6. The zero-order valence-corrected chi connectivity index (χ0v) is 12.5. The largest absolute Gasteiger partial charge is 0.480 e. The van der Waals surface area contributed by atoms with Crippen LogP contribution in [0.5, 0.6) is 0 Å². The van der Waals surface area contributed by atoms with Crippen LogP contribution in [0, 0.1) is 0 Å². The van der Waals surface area contributed by atoms with Crippen molar-refractivity contribution >= 4 is 29.3 Å². The minimum atomic E-state index is -1.08. The fourth-order valence-corrected chi connectivity index (χ4v) is 2.55. The quantitative estimate of drug-likeness (QED) is 0.886. The molecule has 0 aliphatic carbocycles. The molecule has 7 heteroatoms. The van der Waals surface area contributed by atoms with Gasteiger partial charge >= 0.3 is 12.0 Å². The van der Waals surface area contributed by atoms with Crippen molar-refractivity contribution in [2.45, 2.75) is 12.5 Å². The van der Waals surface area contributed by atoms with Crippen molar-refractivity contribution < 1.29 is 14.7 Å². The summed E-state index contributed by atoms with van der Waals surface area (Å²) in [5, 5.41) is 12.3. The van der Waals surface area contributed by atoms with Gasteiger partial charge in [-0.2, -0.15) is 0 Å². The summed E-state index contributed by atoms with van der Waals surface area (Å²) in [6, 6.07) is 6.22. The lowest BCUT2D eigenvalue weighted by atomic mass is 10.2. The second-order valence-electron chi connectivity index (χ2n) is 5.16. The average molecular weight is 312 g/mol. The van der Waals surface area contributed by atoms with E-state index in [0.717, 1.165) is 19.5 Å². The van der Waals surface area contributed by atoms with E-state index in [2.05, 4.69) is 10.2 Å². The molecule has 1 aliphatic heterocycles. The van der Waals surface area contributed by atoms with Crippen molar-refractivity contribution in [3.8, 4) is 0 Å². The predicted octanol–water partition coefficient (Wildman–Crippen LogP) is 1.64. The first-order valence-corrected chi connectivity index (χ1v) is 7.07. The Morgan fingerprint density at radius 3 is 2.86 bits per heavy atom. The lowest BCUT2D eigenvalue weighted by Gasteiger charge is -2.23. The van der Waals surface area contributed by atoms with E-state index in [1.807, 2.05) is 7.05 Å². The maximum atomic E-state index is 12.3. The van der Waals surface area contributed by atoms with Crippen LogP contribution in [0.15, 0.2) is 24.3 Å². The normalized spacial score (nSPS) is 18.5. The third-order valence-corrected chi connectivity index (χ3v) is 3.61. The van der Waals surface area contributed by atoms with E-state index in [0.29, 0.717) is 10.7 Å². The van der Waals surface area contributed by atoms with Gasteiger partial charge in [0.25, 0.3) is 0 Å². The van der Waals surface area contributed by atoms with Gasteiger partial charge in [-0.1, -0.05) is 17.7 Å². The highest BCUT2D eigenvalue weighted by Gasteiger charge is 2.25. The molecule has 0 spiro atoms. The number of carbonyl (C=O) groups excluding carboxylic acids is 1. The van der Waals surface area contributed by atoms with Crippen LogP contribution in [0.4, 0.5) is 10.5 Å². The number of urea groups is 1. The van der Waals surface area contributed by atoms with Crippen molar-refractivity contribution in [1.82, 2.24) is 10.2 Å². The summed E-state index contributed by atoms with van der Waals surface area (Å²) in [4.78, 5) is 26.6. The molecule has 1 atom stereocenters. The van der Waals surface area contributed by atoms with Gasteiger partial charge in [-0.3, -0.25) is 9.69 Å². The number of amides is 2. The Morgan fingerprint density at radius 2 is 2.29 bits per heavy atom. The SMILES string of the molecule is CN1CCC(NC(=O)N(CC(=O)O)c2cccc(Cl)c2)C1. The third-order valence-electron chi connectivity index (χ3n) is 3.38. The Kier molecular flexibility index (Phi) is 5.03. The number of nitrogens with zero attached hydrogens (tertiary/aromatic N) is 2. The van der Waals surface area contributed by atoms with Gasteiger partial charge in [0.05, 0.1) is 0 Å². The maximum Gasteiger partial charge on any atom is 0.323 e. The van der Waals surface area contributed by atoms with Crippen molar-refractivity contribution in [3.63, 3.8) is 0 Å². The molecule has 1 unspecified atom stereocenters. The summed E-state index contributed by atoms with van der Waals surface area (Å²) in [7, 11) is 1.98. The lowest BCUT2D eigenvalue weighted by Crippen LogP contribution is -2.47. The number of hydrogen-bond acceptors (Lipinski definition) is 3. The highest BCUT2D eigenvalue weighted by molar-refractivity contribution is 6.30. The maximum absolute atomic E-state index is 12.3. The van der Waals surface area contributed by atoms with E-state index >= 15 is 0 Å². The Balaban J connectivity index is 2.11. The van der Waals surface area contributed by atoms with Gasteiger partial charge in [0.2, 0.25) is 0 Å². The van der Waals surface area contributed by atoms with Gasteiger partial charge in [-0.25, -0.2) is 4.79 Å². The van der Waals surface area contributed by atoms with Crippen LogP contribution in [-0.4, -0.2) is 54.7 Å². The van der Waals surface area contributed by atoms with Gasteiger partial charge in [0, 0.05) is 23.3 Å². The molecule has 1 aliphatic rings. The minimum absolute atomic E-state index is 0.0398. The number of rotatable bonds is 4. The number of likely N-dealkylation sites (N-methyl/N-ethyl adjacent to an activating group) is 1. The second-order valence-corrected chi connectivity index (χ2v) is 5.59. The molecule has 0 saturated carbocycles. The number of likely N-dealkylation sites (tertiary alicyclic amines) is 1. The molecule has 1 fully saturated rings. The summed E-state index contributed by atoms with van der Waals surface area (Å²) < 4.78 is 0. The van der Waals surface area contributed by atoms with Gasteiger partial charge in [0.15, 0.2) is 0 Å². The molecule has 1 aromatic rings. The third kappa shape index (κ3) is 4.34. The monoisotopic (exact) mass is 311 g/mol. The summed E-state index contributed by atoms with van der Waals surface area (Å²) in [5.74, 6) is -1.08. The molecule has 1 aromatic carbocycles. The Morgan fingerprint density at radius 1 is 1.52 bits per heavy atom. The highest BCUT2D eigenvalue weighted by Crippen LogP contribution is 2.20. The minimum Gasteiger partial charge on any atom is -0.480 e. The van der Waals surface area contributed by atoms with Crippen LogP contribution in [0.25, 0.3) is 0 Å². The predicted molar refractivity (Wildman–Crippen MR) is 80.9 cm³/mol. The number of carboxylic acids is 1. The van der Waals surface area contributed by atoms with Crippen molar-refractivity contribution in [3.05, 3.63) is 29.3 Å². The summed E-state index contributed by atoms with van der Waals surface area (Å²) in [6.45, 7) is 1.28. The Bertz CT molecular complexity index is 538. The molecule has 2 N–H and O–H groups in total. The number of benzene rings is 1. The zero-order chi connectivity index (χ0) is 15.4. The van der Waals surface area contributed by atoms with Crippen molar-refractivity contribution in [1.29, 1.82) is 0 Å².